The van der Waals surface area contributed by atoms with Crippen molar-refractivity contribution in [1.29, 1.82) is 0 Å². The summed E-state index contributed by atoms with van der Waals surface area (Å²) in [4.78, 5) is 0.381. The molecule has 0 radical (unpaired) electrons. The summed E-state index contributed by atoms with van der Waals surface area (Å²) in [6.07, 6.45) is 4.17. The van der Waals surface area contributed by atoms with Crippen LogP contribution in [0.5, 0.6) is 0 Å². The number of primary sulfonamides is 1. The molecule has 0 aromatic heterocycles. The Morgan fingerprint density at radius 1 is 1.14 bits per heavy atom. The first-order chi connectivity index (χ1) is 10.3. The lowest BCUT2D eigenvalue weighted by atomic mass is 9.95. The Morgan fingerprint density at radius 2 is 1.86 bits per heavy atom. The van der Waals surface area contributed by atoms with E-state index in [9.17, 15) is 8.42 Å². The number of sulfonamides is 1. The summed E-state index contributed by atoms with van der Waals surface area (Å²) in [5, 5.41) is 7.43. The van der Waals surface area contributed by atoms with E-state index in [-0.39, 0.29) is 0 Å². The first-order valence-corrected chi connectivity index (χ1v) is 9.51. The van der Waals surface area contributed by atoms with Gasteiger partial charge in [0.05, 0.1) is 4.90 Å². The molecule has 0 bridgehead atoms. The zero-order chi connectivity index (χ0) is 15.6. The van der Waals surface area contributed by atoms with Crippen LogP contribution in [0.25, 0.3) is 10.8 Å². The van der Waals surface area contributed by atoms with Crippen LogP contribution in [0, 0.1) is 12.8 Å². The van der Waals surface area contributed by atoms with Gasteiger partial charge in [-0.05, 0) is 78.1 Å². The van der Waals surface area contributed by atoms with E-state index in [1.54, 1.807) is 0 Å². The molecule has 0 heterocycles. The van der Waals surface area contributed by atoms with Gasteiger partial charge in [-0.2, -0.15) is 0 Å². The molecule has 2 aliphatic rings. The molecule has 4 heteroatoms. The van der Waals surface area contributed by atoms with Crippen LogP contribution in [0.3, 0.4) is 0 Å². The van der Waals surface area contributed by atoms with E-state index >= 15 is 0 Å². The van der Waals surface area contributed by atoms with E-state index < -0.39 is 10.0 Å². The Morgan fingerprint density at radius 3 is 2.50 bits per heavy atom. The van der Waals surface area contributed by atoms with Gasteiger partial charge in [0.1, 0.15) is 0 Å². The zero-order valence-electron chi connectivity index (χ0n) is 13.0. The van der Waals surface area contributed by atoms with Gasteiger partial charge in [0, 0.05) is 5.39 Å². The molecule has 0 saturated heterocycles. The second kappa shape index (κ2) is 4.56. The second-order valence-electron chi connectivity index (χ2n) is 7.11. The number of rotatable bonds is 2. The molecule has 2 aromatic carbocycles. The third-order valence-corrected chi connectivity index (χ3v) is 6.13. The average Bonchev–Trinajstić information content (AvgIpc) is 3.16. The Bertz CT molecular complexity index is 895. The summed E-state index contributed by atoms with van der Waals surface area (Å²) in [6.45, 7) is 4.29. The summed E-state index contributed by atoms with van der Waals surface area (Å²) in [5.74, 6) is 1.08. The topological polar surface area (TPSA) is 60.2 Å². The highest BCUT2D eigenvalue weighted by Gasteiger charge is 2.30. The molecule has 0 amide bonds. The van der Waals surface area contributed by atoms with Crippen molar-refractivity contribution in [2.24, 2.45) is 11.1 Å². The van der Waals surface area contributed by atoms with E-state index in [2.05, 4.69) is 32.0 Å². The number of hydrogen-bond donors (Lipinski definition) is 1. The highest BCUT2D eigenvalue weighted by molar-refractivity contribution is 7.89. The van der Waals surface area contributed by atoms with Crippen LogP contribution in [0.1, 0.15) is 47.9 Å². The zero-order valence-corrected chi connectivity index (χ0v) is 13.8. The maximum Gasteiger partial charge on any atom is 0.238 e. The predicted molar refractivity (Wildman–Crippen MR) is 88.6 cm³/mol. The predicted octanol–water partition coefficient (Wildman–Crippen LogP) is 3.41. The molecule has 4 rings (SSSR count). The Hall–Kier alpha value is -1.39. The maximum absolute atomic E-state index is 12.3. The van der Waals surface area contributed by atoms with Crippen molar-refractivity contribution in [1.82, 2.24) is 0 Å². The fraction of sp³-hybridized carbons (Fsp3) is 0.444. The van der Waals surface area contributed by atoms with Gasteiger partial charge in [0.2, 0.25) is 10.0 Å². The van der Waals surface area contributed by atoms with Crippen molar-refractivity contribution in [2.45, 2.75) is 50.3 Å². The molecule has 22 heavy (non-hydrogen) atoms. The van der Waals surface area contributed by atoms with Crippen molar-refractivity contribution < 1.29 is 8.42 Å². The van der Waals surface area contributed by atoms with Crippen molar-refractivity contribution in [3.63, 3.8) is 0 Å². The van der Waals surface area contributed by atoms with E-state index in [0.29, 0.717) is 16.7 Å². The van der Waals surface area contributed by atoms with Crippen molar-refractivity contribution in [2.75, 3.05) is 0 Å². The minimum Gasteiger partial charge on any atom is -0.225 e. The first kappa shape index (κ1) is 14.2. The van der Waals surface area contributed by atoms with Crippen LogP contribution in [0.15, 0.2) is 23.1 Å². The molecule has 0 spiro atoms. The summed E-state index contributed by atoms with van der Waals surface area (Å²) in [7, 11) is -3.71. The highest BCUT2D eigenvalue weighted by atomic mass is 32.2. The molecule has 1 saturated carbocycles. The van der Waals surface area contributed by atoms with Gasteiger partial charge in [-0.3, -0.25) is 0 Å². The van der Waals surface area contributed by atoms with E-state index in [4.69, 9.17) is 5.14 Å². The van der Waals surface area contributed by atoms with Crippen LogP contribution in [-0.2, 0) is 22.9 Å². The number of fused-ring (bicyclic) bond motifs is 2. The molecule has 1 fully saturated rings. The minimum atomic E-state index is -3.71. The van der Waals surface area contributed by atoms with Crippen LogP contribution in [-0.4, -0.2) is 8.42 Å². The van der Waals surface area contributed by atoms with E-state index in [0.717, 1.165) is 34.7 Å². The van der Waals surface area contributed by atoms with Gasteiger partial charge in [-0.25, -0.2) is 13.6 Å². The molecular weight excluding hydrogens is 294 g/mol. The summed E-state index contributed by atoms with van der Waals surface area (Å²) in [6, 6.07) is 6.40. The quantitative estimate of drug-likeness (QED) is 0.923. The molecule has 0 unspecified atom stereocenters. The fourth-order valence-electron chi connectivity index (χ4n) is 4.01. The Kier molecular flexibility index (Phi) is 2.94. The second-order valence-corrected chi connectivity index (χ2v) is 8.60. The van der Waals surface area contributed by atoms with Crippen LogP contribution in [0.2, 0.25) is 0 Å². The van der Waals surface area contributed by atoms with Crippen molar-refractivity contribution in [3.8, 4) is 0 Å². The standard InChI is InChI=1S/C18H21NO2S/c1-10-5-13-8-14-7-11(2)15(12-3-4-12)9-17(14)18(16(13)6-10)22(19,20)21/h7-10,12H,3-6H2,1-2H3,(H2,19,20,21)/t10-/m1/s1. The lowest BCUT2D eigenvalue weighted by molar-refractivity contribution is 0.595. The smallest absolute Gasteiger partial charge is 0.225 e. The molecule has 2 N–H and O–H groups in total. The maximum atomic E-state index is 12.3. The third-order valence-electron chi connectivity index (χ3n) is 5.10. The van der Waals surface area contributed by atoms with E-state index in [1.165, 1.54) is 24.0 Å². The molecule has 2 aromatic rings. The van der Waals surface area contributed by atoms with Crippen molar-refractivity contribution >= 4 is 20.8 Å². The molecule has 0 aliphatic heterocycles. The number of nitrogens with two attached hydrogens (primary N) is 1. The molecular formula is C18H21NO2S. The normalized spacial score (nSPS) is 21.3. The largest absolute Gasteiger partial charge is 0.238 e. The minimum absolute atomic E-state index is 0.381. The van der Waals surface area contributed by atoms with Gasteiger partial charge >= 0.3 is 0 Å². The lowest BCUT2D eigenvalue weighted by Crippen LogP contribution is -2.15. The van der Waals surface area contributed by atoms with Crippen LogP contribution < -0.4 is 5.14 Å². The van der Waals surface area contributed by atoms with E-state index in [1.807, 2.05) is 0 Å². The summed E-state index contributed by atoms with van der Waals surface area (Å²) < 4.78 is 24.5. The number of hydrogen-bond acceptors (Lipinski definition) is 2. The van der Waals surface area contributed by atoms with Gasteiger partial charge in [-0.15, -0.1) is 0 Å². The highest BCUT2D eigenvalue weighted by Crippen LogP contribution is 2.44. The van der Waals surface area contributed by atoms with Gasteiger partial charge in [-0.1, -0.05) is 19.1 Å². The van der Waals surface area contributed by atoms with Crippen LogP contribution in [0.4, 0.5) is 0 Å². The SMILES string of the molecule is Cc1cc2cc3c(c(S(N)(=O)=O)c2cc1C1CC1)C[C@H](C)C3. The molecule has 1 atom stereocenters. The van der Waals surface area contributed by atoms with Crippen molar-refractivity contribution in [3.05, 3.63) is 40.5 Å². The lowest BCUT2D eigenvalue weighted by Gasteiger charge is -2.14. The first-order valence-electron chi connectivity index (χ1n) is 7.96. The number of benzene rings is 2. The number of aryl methyl sites for hydroxylation is 1. The Labute approximate surface area is 131 Å². The van der Waals surface area contributed by atoms with Gasteiger partial charge in [0.15, 0.2) is 0 Å². The average molecular weight is 315 g/mol. The van der Waals surface area contributed by atoms with Gasteiger partial charge < -0.3 is 0 Å². The summed E-state index contributed by atoms with van der Waals surface area (Å²) in [5.41, 5.74) is 4.67. The van der Waals surface area contributed by atoms with Gasteiger partial charge in [0.25, 0.3) is 0 Å². The van der Waals surface area contributed by atoms with Crippen LogP contribution >= 0.6 is 0 Å². The molecule has 116 valence electrons. The summed E-state index contributed by atoms with van der Waals surface area (Å²) >= 11 is 0. The Balaban J connectivity index is 2.10. The monoisotopic (exact) mass is 315 g/mol. The molecule has 3 nitrogen and oxygen atoms in total. The molecule has 2 aliphatic carbocycles. The fourth-order valence-corrected chi connectivity index (χ4v) is 5.05. The third kappa shape index (κ3) is 2.17.